The third-order valence-corrected chi connectivity index (χ3v) is 2.62. The second kappa shape index (κ2) is 12.4. The topological polar surface area (TPSA) is 78.7 Å². The lowest BCUT2D eigenvalue weighted by Gasteiger charge is -2.09. The van der Waals surface area contributed by atoms with Gasteiger partial charge in [0.25, 0.3) is 5.09 Å². The molecule has 0 saturated carbocycles. The number of allylic oxidation sites excluding steroid dienone is 1. The van der Waals surface area contributed by atoms with Crippen LogP contribution in [0.3, 0.4) is 0 Å². The van der Waals surface area contributed by atoms with E-state index in [-0.39, 0.29) is 19.2 Å². The Kier molecular flexibility index (Phi) is 11.0. The molecule has 6 heteroatoms. The Bertz CT molecular complexity index is 473. The zero-order chi connectivity index (χ0) is 16.8. The minimum absolute atomic E-state index is 0.0875. The van der Waals surface area contributed by atoms with Crippen LogP contribution in [-0.2, 0) is 27.6 Å². The summed E-state index contributed by atoms with van der Waals surface area (Å²) in [5.41, 5.74) is 1.33. The normalized spacial score (nSPS) is 9.18. The number of hydrogen-bond donors (Lipinski definition) is 0. The molecular formula is C16H23NO5. The van der Waals surface area contributed by atoms with Gasteiger partial charge in [-0.2, -0.15) is 0 Å². The fourth-order valence-electron chi connectivity index (χ4n) is 1.58. The van der Waals surface area contributed by atoms with Crippen molar-refractivity contribution < 1.29 is 19.5 Å². The number of benzene rings is 1. The first kappa shape index (κ1) is 19.6. The van der Waals surface area contributed by atoms with Crippen molar-refractivity contribution in [1.29, 1.82) is 0 Å². The maximum Gasteiger partial charge on any atom is 0.306 e. The van der Waals surface area contributed by atoms with Crippen molar-refractivity contribution >= 4 is 5.97 Å². The van der Waals surface area contributed by atoms with E-state index in [9.17, 15) is 14.9 Å². The lowest BCUT2D eigenvalue weighted by Crippen LogP contribution is -2.07. The predicted octanol–water partition coefficient (Wildman–Crippen LogP) is 3.82. The second-order valence-electron chi connectivity index (χ2n) is 4.11. The summed E-state index contributed by atoms with van der Waals surface area (Å²) in [7, 11) is 0. The molecule has 0 spiro atoms. The van der Waals surface area contributed by atoms with Crippen molar-refractivity contribution in [3.8, 4) is 0 Å². The molecule has 0 radical (unpaired) electrons. The number of hydrogen-bond acceptors (Lipinski definition) is 5. The molecule has 0 aliphatic heterocycles. The van der Waals surface area contributed by atoms with E-state index in [0.29, 0.717) is 24.0 Å². The molecule has 1 aromatic carbocycles. The van der Waals surface area contributed by atoms with Gasteiger partial charge in [0.05, 0.1) is 0 Å². The van der Waals surface area contributed by atoms with Crippen LogP contribution < -0.4 is 0 Å². The second-order valence-corrected chi connectivity index (χ2v) is 4.11. The minimum atomic E-state index is -0.849. The van der Waals surface area contributed by atoms with Crippen molar-refractivity contribution in [2.75, 3.05) is 0 Å². The molecule has 0 aliphatic carbocycles. The first-order valence-electron chi connectivity index (χ1n) is 7.24. The van der Waals surface area contributed by atoms with Crippen molar-refractivity contribution in [3.63, 3.8) is 0 Å². The molecule has 0 unspecified atom stereocenters. The largest absolute Gasteiger partial charge is 0.461 e. The zero-order valence-electron chi connectivity index (χ0n) is 13.1. The van der Waals surface area contributed by atoms with E-state index in [0.717, 1.165) is 6.42 Å². The fourth-order valence-corrected chi connectivity index (χ4v) is 1.58. The number of carbonyl (C=O) groups is 1. The van der Waals surface area contributed by atoms with E-state index in [2.05, 4.69) is 11.4 Å². The highest BCUT2D eigenvalue weighted by Gasteiger charge is 2.07. The van der Waals surface area contributed by atoms with Gasteiger partial charge >= 0.3 is 5.97 Å². The summed E-state index contributed by atoms with van der Waals surface area (Å²) in [5.74, 6) is -0.295. The fraction of sp³-hybridized carbons (Fsp3) is 0.438. The van der Waals surface area contributed by atoms with Gasteiger partial charge in [0.2, 0.25) is 0 Å². The molecule has 0 aliphatic rings. The van der Waals surface area contributed by atoms with Gasteiger partial charge in [-0.15, -0.1) is 16.7 Å². The molecule has 0 aromatic heterocycles. The van der Waals surface area contributed by atoms with Crippen LogP contribution >= 0.6 is 0 Å². The molecule has 22 heavy (non-hydrogen) atoms. The summed E-state index contributed by atoms with van der Waals surface area (Å²) < 4.78 is 5.12. The lowest BCUT2D eigenvalue weighted by atomic mass is 10.1. The highest BCUT2D eigenvalue weighted by atomic mass is 16.9. The van der Waals surface area contributed by atoms with Crippen molar-refractivity contribution in [3.05, 3.63) is 58.2 Å². The van der Waals surface area contributed by atoms with Crippen LogP contribution in [0.1, 0.15) is 44.2 Å². The quantitative estimate of drug-likeness (QED) is 0.228. The number of nitrogens with zero attached hydrogens (tertiary/aromatic N) is 1. The molecule has 0 amide bonds. The summed E-state index contributed by atoms with van der Waals surface area (Å²) in [4.78, 5) is 26.0. The first-order chi connectivity index (χ1) is 10.6. The zero-order valence-corrected chi connectivity index (χ0v) is 13.1. The Balaban J connectivity index is 0.00000211. The summed E-state index contributed by atoms with van der Waals surface area (Å²) >= 11 is 0. The summed E-state index contributed by atoms with van der Waals surface area (Å²) in [5, 5.41) is 9.34. The molecule has 0 heterocycles. The van der Waals surface area contributed by atoms with Gasteiger partial charge in [-0.3, -0.25) is 4.79 Å². The van der Waals surface area contributed by atoms with Crippen LogP contribution in [-0.4, -0.2) is 11.1 Å². The number of unbranched alkanes of at least 4 members (excludes halogenated alkanes) is 1. The van der Waals surface area contributed by atoms with Crippen LogP contribution in [0.5, 0.6) is 0 Å². The van der Waals surface area contributed by atoms with Gasteiger partial charge in [-0.05, 0) is 24.0 Å². The highest BCUT2D eigenvalue weighted by molar-refractivity contribution is 5.69. The van der Waals surface area contributed by atoms with Crippen LogP contribution in [0.2, 0.25) is 0 Å². The maximum absolute atomic E-state index is 11.5. The minimum Gasteiger partial charge on any atom is -0.461 e. The number of ether oxygens (including phenoxy) is 1. The average molecular weight is 309 g/mol. The van der Waals surface area contributed by atoms with E-state index in [4.69, 9.17) is 4.74 Å². The number of rotatable bonds is 9. The SMILES string of the molecule is C=CCCCC(=O)OCc1ccccc1CO[N+](=O)[O-].CC. The Morgan fingerprint density at radius 1 is 1.27 bits per heavy atom. The Morgan fingerprint density at radius 3 is 2.41 bits per heavy atom. The van der Waals surface area contributed by atoms with Gasteiger partial charge in [0, 0.05) is 6.42 Å². The molecule has 6 nitrogen and oxygen atoms in total. The molecule has 0 bridgehead atoms. The Morgan fingerprint density at radius 2 is 1.86 bits per heavy atom. The van der Waals surface area contributed by atoms with E-state index >= 15 is 0 Å². The third kappa shape index (κ3) is 8.73. The molecule has 0 atom stereocenters. The first-order valence-corrected chi connectivity index (χ1v) is 7.24. The van der Waals surface area contributed by atoms with Crippen LogP contribution in [0, 0.1) is 10.1 Å². The molecule has 0 saturated heterocycles. The molecule has 1 rings (SSSR count). The van der Waals surface area contributed by atoms with E-state index < -0.39 is 5.09 Å². The van der Waals surface area contributed by atoms with Gasteiger partial charge in [0.15, 0.2) is 0 Å². The smallest absolute Gasteiger partial charge is 0.306 e. The van der Waals surface area contributed by atoms with Crippen molar-refractivity contribution in [2.24, 2.45) is 0 Å². The summed E-state index contributed by atoms with van der Waals surface area (Å²) in [6.07, 6.45) is 3.55. The van der Waals surface area contributed by atoms with Gasteiger partial charge < -0.3 is 9.57 Å². The van der Waals surface area contributed by atoms with Crippen LogP contribution in [0.4, 0.5) is 0 Å². The van der Waals surface area contributed by atoms with Crippen LogP contribution in [0.15, 0.2) is 36.9 Å². The van der Waals surface area contributed by atoms with E-state index in [1.807, 2.05) is 13.8 Å². The van der Waals surface area contributed by atoms with Gasteiger partial charge in [0.1, 0.15) is 13.2 Å². The Hall–Kier alpha value is -2.37. The van der Waals surface area contributed by atoms with Crippen LogP contribution in [0.25, 0.3) is 0 Å². The predicted molar refractivity (Wildman–Crippen MR) is 83.4 cm³/mol. The highest BCUT2D eigenvalue weighted by Crippen LogP contribution is 2.12. The molecular weight excluding hydrogens is 286 g/mol. The van der Waals surface area contributed by atoms with Crippen molar-refractivity contribution in [2.45, 2.75) is 46.3 Å². The lowest BCUT2D eigenvalue weighted by molar-refractivity contribution is -0.763. The molecule has 122 valence electrons. The van der Waals surface area contributed by atoms with E-state index in [1.54, 1.807) is 30.3 Å². The summed E-state index contributed by atoms with van der Waals surface area (Å²) in [6, 6.07) is 6.96. The standard InChI is InChI=1S/C14H17NO5.C2H6/c1-2-3-4-9-14(16)19-10-12-7-5-6-8-13(12)11-20-15(17)18;1-2/h2,5-8H,1,3-4,9-11H2;1-2H3. The summed E-state index contributed by atoms with van der Waals surface area (Å²) in [6.45, 7) is 7.51. The van der Waals surface area contributed by atoms with Crippen molar-refractivity contribution in [1.82, 2.24) is 0 Å². The Labute approximate surface area is 130 Å². The number of esters is 1. The molecule has 0 N–H and O–H groups in total. The van der Waals surface area contributed by atoms with Gasteiger partial charge in [-0.25, -0.2) is 0 Å². The molecule has 0 fully saturated rings. The van der Waals surface area contributed by atoms with Gasteiger partial charge in [-0.1, -0.05) is 44.2 Å². The monoisotopic (exact) mass is 309 g/mol. The van der Waals surface area contributed by atoms with E-state index in [1.165, 1.54) is 0 Å². The molecule has 1 aromatic rings. The number of carbonyl (C=O) groups excluding carboxylic acids is 1. The average Bonchev–Trinajstić information content (AvgIpc) is 2.54. The third-order valence-electron chi connectivity index (χ3n) is 2.62. The maximum atomic E-state index is 11.5.